The third-order valence-corrected chi connectivity index (χ3v) is 25.1. The van der Waals surface area contributed by atoms with Gasteiger partial charge in [0, 0.05) is 116 Å². The molecule has 0 atom stereocenters. The molecule has 25 rings (SSSR count). The van der Waals surface area contributed by atoms with Crippen molar-refractivity contribution in [2.45, 2.75) is 0 Å². The predicted molar refractivity (Wildman–Crippen MR) is 558 cm³/mol. The van der Waals surface area contributed by atoms with Gasteiger partial charge >= 0.3 is 0 Å². The molecule has 0 saturated carbocycles. The van der Waals surface area contributed by atoms with Crippen LogP contribution in [0.15, 0.2) is 491 Å². The smallest absolute Gasteiger partial charge is 0.164 e. The molecular formula is C123H81N15. The number of aromatic nitrogens is 15. The number of hydrogen-bond donors (Lipinski definition) is 0. The molecule has 18 aromatic carbocycles. The number of benzene rings is 18. The average Bonchev–Trinajstić information content (AvgIpc) is 1.59. The van der Waals surface area contributed by atoms with Crippen molar-refractivity contribution in [2.24, 2.45) is 0 Å². The highest BCUT2D eigenvalue weighted by Crippen LogP contribution is 2.47. The van der Waals surface area contributed by atoms with Gasteiger partial charge in [-0.1, -0.05) is 382 Å². The van der Waals surface area contributed by atoms with Crippen LogP contribution in [0.3, 0.4) is 0 Å². The van der Waals surface area contributed by atoms with Crippen LogP contribution in [0, 0.1) is 0 Å². The highest BCUT2D eigenvalue weighted by molar-refractivity contribution is 6.13. The number of rotatable bonds is 19. The maximum Gasteiger partial charge on any atom is 0.164 e. The average molecular weight is 1770 g/mol. The van der Waals surface area contributed by atoms with E-state index in [1.54, 1.807) is 0 Å². The van der Waals surface area contributed by atoms with Crippen LogP contribution >= 0.6 is 0 Å². The van der Waals surface area contributed by atoms with E-state index in [0.29, 0.717) is 52.4 Å². The van der Waals surface area contributed by atoms with Crippen molar-refractivity contribution < 1.29 is 0 Å². The number of fused-ring (bicyclic) bond motifs is 6. The van der Waals surface area contributed by atoms with Gasteiger partial charge in [-0.3, -0.25) is 0 Å². The molecule has 648 valence electrons. The molecule has 0 bridgehead atoms. The second-order valence-corrected chi connectivity index (χ2v) is 33.7. The molecule has 25 aromatic rings. The molecule has 7 aromatic heterocycles. The van der Waals surface area contributed by atoms with Gasteiger partial charge in [0.15, 0.2) is 52.4 Å². The Morgan fingerprint density at radius 3 is 0.609 bits per heavy atom. The van der Waals surface area contributed by atoms with Crippen molar-refractivity contribution in [3.63, 3.8) is 0 Å². The van der Waals surface area contributed by atoms with E-state index in [9.17, 15) is 0 Å². The van der Waals surface area contributed by atoms with Crippen molar-refractivity contribution in [3.8, 4) is 193 Å². The fourth-order valence-electron chi connectivity index (χ4n) is 18.6. The fraction of sp³-hybridized carbons (Fsp3) is 0. The monoisotopic (exact) mass is 1770 g/mol. The summed E-state index contributed by atoms with van der Waals surface area (Å²) < 4.78 is 8.85. The molecule has 7 heterocycles. The Morgan fingerprint density at radius 1 is 0.138 bits per heavy atom. The Morgan fingerprint density at radius 2 is 0.341 bits per heavy atom. The van der Waals surface area contributed by atoms with Gasteiger partial charge in [-0.2, -0.15) is 10.2 Å². The standard InChI is InChI=1S/C69H45N9.C54H36N6/c1-8-22-47(23-9-1)62-61(63(48-24-10-2-11-25-48)78(76-62)56-34-20-7-21-35-56)46-36-40-55(41-37-46)77-59-42-38-53(68-72-64(49-26-12-3-13-27-49)70-65(73-68)50-28-14-4-15-29-50)44-57(59)58-45-54(39-43-60(58)77)69-74-66(51-30-16-5-17-31-51)71-67(75-69)52-32-18-6-19-33-52;1-6-18-38(19-7-1)50-49(51(39-20-8-2-9-21-39)60(58-50)44-26-14-5-15-27-44)37-30-33-43(34-31-37)59-47-29-17-16-28-45(47)46-36-42(32-35-48(46)59)54-56-52(40-22-10-3-11-23-40)55-53(57-54)41-24-12-4-13-25-41/h1-45H;1-36H. The zero-order valence-electron chi connectivity index (χ0n) is 74.5. The highest BCUT2D eigenvalue weighted by Gasteiger charge is 2.29. The van der Waals surface area contributed by atoms with Crippen LogP contribution in [0.1, 0.15) is 0 Å². The molecule has 0 aliphatic heterocycles. The lowest BCUT2D eigenvalue weighted by Crippen LogP contribution is -2.00. The van der Waals surface area contributed by atoms with Crippen LogP contribution in [0.25, 0.3) is 236 Å². The van der Waals surface area contributed by atoms with E-state index in [4.69, 9.17) is 55.1 Å². The topological polar surface area (TPSA) is 162 Å². The third kappa shape index (κ3) is 15.9. The Bertz CT molecular complexity index is 8360. The Kier molecular flexibility index (Phi) is 21.6. The first-order valence-electron chi connectivity index (χ1n) is 46.0. The van der Waals surface area contributed by atoms with E-state index in [-0.39, 0.29) is 0 Å². The number of para-hydroxylation sites is 3. The van der Waals surface area contributed by atoms with Gasteiger partial charge in [-0.05, 0) is 120 Å². The van der Waals surface area contributed by atoms with Crippen LogP contribution in [0.5, 0.6) is 0 Å². The SMILES string of the molecule is c1ccc(-c2nc(-c3ccccc3)nc(-c3ccc4c(c3)c3cc(-c5nc(-c6ccccc6)nc(-c6ccccc6)n5)ccc3n4-c3ccc(-c4c(-c5ccccc5)nn(-c5ccccc5)c4-c4ccccc4)cc3)n2)cc1.c1ccc(-c2nc(-c3ccccc3)nc(-c3ccc4c(c3)c3ccccc3n4-c3ccc(-c4c(-c5ccccc5)nn(-c5ccccc5)c4-c4ccccc4)cc3)n2)cc1. The lowest BCUT2D eigenvalue weighted by Gasteiger charge is -2.13. The minimum atomic E-state index is 0.572. The molecule has 15 heteroatoms. The molecule has 138 heavy (non-hydrogen) atoms. The second kappa shape index (κ2) is 36.3. The van der Waals surface area contributed by atoms with Gasteiger partial charge in [-0.15, -0.1) is 0 Å². The molecule has 0 spiro atoms. The summed E-state index contributed by atoms with van der Waals surface area (Å²) in [6.07, 6.45) is 0. The van der Waals surface area contributed by atoms with E-state index < -0.39 is 0 Å². The molecule has 0 fully saturated rings. The third-order valence-electron chi connectivity index (χ3n) is 25.1. The van der Waals surface area contributed by atoms with E-state index in [1.807, 2.05) is 206 Å². The molecule has 0 N–H and O–H groups in total. The summed E-state index contributed by atoms with van der Waals surface area (Å²) in [6.45, 7) is 0. The zero-order valence-corrected chi connectivity index (χ0v) is 74.5. The van der Waals surface area contributed by atoms with Crippen molar-refractivity contribution in [3.05, 3.63) is 491 Å². The molecule has 0 aliphatic rings. The van der Waals surface area contributed by atoms with E-state index in [2.05, 4.69) is 304 Å². The largest absolute Gasteiger partial charge is 0.309 e. The number of hydrogen-bond acceptors (Lipinski definition) is 11. The Labute approximate surface area is 795 Å². The van der Waals surface area contributed by atoms with Crippen LogP contribution < -0.4 is 0 Å². The summed E-state index contributed by atoms with van der Waals surface area (Å²) in [5.41, 5.74) is 28.8. The molecule has 0 saturated heterocycles. The maximum atomic E-state index is 5.40. The van der Waals surface area contributed by atoms with Gasteiger partial charge in [0.25, 0.3) is 0 Å². The molecule has 0 amide bonds. The molecule has 15 nitrogen and oxygen atoms in total. The minimum absolute atomic E-state index is 0.572. The van der Waals surface area contributed by atoms with Crippen molar-refractivity contribution in [2.75, 3.05) is 0 Å². The normalized spacial score (nSPS) is 11.3. The van der Waals surface area contributed by atoms with Crippen molar-refractivity contribution >= 4 is 43.6 Å². The lowest BCUT2D eigenvalue weighted by atomic mass is 9.95. The highest BCUT2D eigenvalue weighted by atomic mass is 15.3. The lowest BCUT2D eigenvalue weighted by molar-refractivity contribution is 0.892. The van der Waals surface area contributed by atoms with E-state index >= 15 is 0 Å². The summed E-state index contributed by atoms with van der Waals surface area (Å²) in [5, 5.41) is 15.0. The summed E-state index contributed by atoms with van der Waals surface area (Å²) in [5.74, 6) is 5.46. The van der Waals surface area contributed by atoms with Crippen molar-refractivity contribution in [1.29, 1.82) is 0 Å². The van der Waals surface area contributed by atoms with Crippen molar-refractivity contribution in [1.82, 2.24) is 73.6 Å². The molecule has 0 radical (unpaired) electrons. The van der Waals surface area contributed by atoms with E-state index in [1.165, 1.54) is 0 Å². The second-order valence-electron chi connectivity index (χ2n) is 33.7. The van der Waals surface area contributed by atoms with Crippen LogP contribution in [0.2, 0.25) is 0 Å². The first-order valence-corrected chi connectivity index (χ1v) is 46.0. The van der Waals surface area contributed by atoms with Gasteiger partial charge < -0.3 is 9.13 Å². The molecule has 0 unspecified atom stereocenters. The van der Waals surface area contributed by atoms with E-state index in [0.717, 1.165) is 184 Å². The van der Waals surface area contributed by atoms with Crippen LogP contribution in [-0.4, -0.2) is 73.6 Å². The van der Waals surface area contributed by atoms with Gasteiger partial charge in [0.05, 0.1) is 44.8 Å². The Balaban J connectivity index is 0.000000155. The summed E-state index contributed by atoms with van der Waals surface area (Å²) in [7, 11) is 0. The summed E-state index contributed by atoms with van der Waals surface area (Å²) in [4.78, 5) is 45.6. The summed E-state index contributed by atoms with van der Waals surface area (Å²) in [6, 6.07) is 169. The van der Waals surface area contributed by atoms with Gasteiger partial charge in [0.2, 0.25) is 0 Å². The minimum Gasteiger partial charge on any atom is -0.309 e. The fourth-order valence-corrected chi connectivity index (χ4v) is 18.6. The Hall–Kier alpha value is -19.0. The molecule has 0 aliphatic carbocycles. The first-order chi connectivity index (χ1) is 68.4. The molecular weight excluding hydrogens is 1690 g/mol. The van der Waals surface area contributed by atoms with Crippen LogP contribution in [-0.2, 0) is 0 Å². The zero-order chi connectivity index (χ0) is 91.6. The predicted octanol–water partition coefficient (Wildman–Crippen LogP) is 29.5. The quantitative estimate of drug-likeness (QED) is 0.0757. The van der Waals surface area contributed by atoms with Gasteiger partial charge in [-0.25, -0.2) is 54.2 Å². The number of nitrogens with zero attached hydrogens (tertiary/aromatic N) is 15. The summed E-state index contributed by atoms with van der Waals surface area (Å²) >= 11 is 0. The first kappa shape index (κ1) is 82.2. The van der Waals surface area contributed by atoms with Gasteiger partial charge in [0.1, 0.15) is 11.4 Å². The van der Waals surface area contributed by atoms with Crippen LogP contribution in [0.4, 0.5) is 0 Å². The maximum absolute atomic E-state index is 5.40.